The fourth-order valence-electron chi connectivity index (χ4n) is 3.38. The van der Waals surface area contributed by atoms with Crippen molar-refractivity contribution < 1.29 is 30.4 Å². The average molecular weight is 536 g/mol. The molecule has 0 radical (unpaired) electrons. The number of imidazole rings is 2. The first-order valence-corrected chi connectivity index (χ1v) is 11.8. The van der Waals surface area contributed by atoms with Crippen molar-refractivity contribution in [2.45, 2.75) is 24.0 Å². The predicted molar refractivity (Wildman–Crippen MR) is 114 cm³/mol. The lowest BCUT2D eigenvalue weighted by atomic mass is 10.2. The van der Waals surface area contributed by atoms with Gasteiger partial charge in [0.25, 0.3) is 0 Å². The van der Waals surface area contributed by atoms with Gasteiger partial charge >= 0.3 is 12.1 Å². The van der Waals surface area contributed by atoms with Crippen LogP contribution >= 0.6 is 11.6 Å². The summed E-state index contributed by atoms with van der Waals surface area (Å²) in [5, 5.41) is 6.37. The Kier molecular flexibility index (Phi) is 5.83. The summed E-state index contributed by atoms with van der Waals surface area (Å²) in [5.74, 6) is -5.61. The maximum Gasteiger partial charge on any atom is 0.459 e. The highest BCUT2D eigenvalue weighted by Gasteiger charge is 2.60. The number of rotatable bonds is 5. The summed E-state index contributed by atoms with van der Waals surface area (Å²) in [6, 6.07) is 5.10. The molecular formula is C19H15ClF5N7O2S. The molecule has 0 aliphatic carbocycles. The van der Waals surface area contributed by atoms with Crippen molar-refractivity contribution in [3.8, 4) is 23.0 Å². The number of sulfone groups is 1. The van der Waals surface area contributed by atoms with Crippen LogP contribution in [-0.4, -0.2) is 54.6 Å². The molecule has 0 saturated heterocycles. The van der Waals surface area contributed by atoms with Crippen molar-refractivity contribution in [2.24, 2.45) is 14.1 Å². The van der Waals surface area contributed by atoms with E-state index in [0.29, 0.717) is 6.07 Å². The van der Waals surface area contributed by atoms with E-state index in [1.54, 1.807) is 12.1 Å². The second kappa shape index (κ2) is 8.19. The van der Waals surface area contributed by atoms with Gasteiger partial charge in [0.05, 0.1) is 5.75 Å². The number of fused-ring (bicyclic) bond motifs is 1. The Labute approximate surface area is 199 Å². The summed E-state index contributed by atoms with van der Waals surface area (Å²) in [6.45, 7) is 1.41. The number of aryl methyl sites for hydroxylation is 1. The molecule has 16 heteroatoms. The van der Waals surface area contributed by atoms with Crippen molar-refractivity contribution in [1.82, 2.24) is 34.3 Å². The van der Waals surface area contributed by atoms with Crippen molar-refractivity contribution >= 4 is 32.6 Å². The Balaban J connectivity index is 1.99. The van der Waals surface area contributed by atoms with E-state index >= 15 is 0 Å². The highest BCUT2D eigenvalue weighted by molar-refractivity contribution is 7.91. The molecular weight excluding hydrogens is 521 g/mol. The zero-order chi connectivity index (χ0) is 25.9. The maximum absolute atomic E-state index is 13.8. The Bertz CT molecular complexity index is 1560. The van der Waals surface area contributed by atoms with E-state index in [0.717, 1.165) is 0 Å². The first kappa shape index (κ1) is 24.9. The number of pyridine rings is 1. The molecule has 0 bridgehead atoms. The van der Waals surface area contributed by atoms with Gasteiger partial charge in [-0.15, -0.1) is 10.2 Å². The third-order valence-corrected chi connectivity index (χ3v) is 7.19. The molecule has 0 aromatic carbocycles. The lowest BCUT2D eigenvalue weighted by molar-refractivity contribution is -0.291. The second-order valence-corrected chi connectivity index (χ2v) is 9.98. The molecule has 4 heterocycles. The monoisotopic (exact) mass is 535 g/mol. The van der Waals surface area contributed by atoms with Gasteiger partial charge in [-0.1, -0.05) is 24.6 Å². The van der Waals surface area contributed by atoms with E-state index in [-0.39, 0.29) is 50.1 Å². The topological polar surface area (TPSA) is 108 Å². The van der Waals surface area contributed by atoms with E-state index in [1.807, 2.05) is 0 Å². The second-order valence-electron chi connectivity index (χ2n) is 7.40. The molecule has 186 valence electrons. The van der Waals surface area contributed by atoms with E-state index in [9.17, 15) is 30.4 Å². The third kappa shape index (κ3) is 4.01. The van der Waals surface area contributed by atoms with Crippen LogP contribution < -0.4 is 0 Å². The Morgan fingerprint density at radius 2 is 1.66 bits per heavy atom. The van der Waals surface area contributed by atoms with Crippen molar-refractivity contribution in [1.29, 1.82) is 0 Å². The van der Waals surface area contributed by atoms with Crippen LogP contribution in [0, 0.1) is 0 Å². The molecule has 0 amide bonds. The normalized spacial score (nSPS) is 13.1. The van der Waals surface area contributed by atoms with Gasteiger partial charge in [0.2, 0.25) is 0 Å². The van der Waals surface area contributed by atoms with Crippen LogP contribution in [0.15, 0.2) is 29.3 Å². The van der Waals surface area contributed by atoms with E-state index in [1.165, 1.54) is 36.2 Å². The van der Waals surface area contributed by atoms with Gasteiger partial charge in [-0.3, -0.25) is 0 Å². The van der Waals surface area contributed by atoms with Crippen molar-refractivity contribution in [2.75, 3.05) is 5.75 Å². The fraction of sp³-hybridized carbons (Fsp3) is 0.316. The smallest absolute Gasteiger partial charge is 0.316 e. The predicted octanol–water partition coefficient (Wildman–Crippen LogP) is 3.93. The number of hydrogen-bond acceptors (Lipinski definition) is 7. The van der Waals surface area contributed by atoms with Crippen LogP contribution in [0.4, 0.5) is 22.0 Å². The standard InChI is InChI=1S/C19H15ClF5N7O2S/c1-4-35(33,34)17-13(28-14(32(17)3)9-6-5-7-12(20)26-9)16-27-10-8-11(18(21,22)19(23,24)25)29-30-15(10)31(16)2/h5-8H,4H2,1-3H3. The lowest BCUT2D eigenvalue weighted by Gasteiger charge is -2.17. The number of nitrogens with zero attached hydrogens (tertiary/aromatic N) is 7. The van der Waals surface area contributed by atoms with Crippen LogP contribution in [0.1, 0.15) is 12.6 Å². The lowest BCUT2D eigenvalue weighted by Crippen LogP contribution is -2.34. The fourth-order valence-corrected chi connectivity index (χ4v) is 4.75. The summed E-state index contributed by atoms with van der Waals surface area (Å²) in [6.07, 6.45) is -5.89. The summed E-state index contributed by atoms with van der Waals surface area (Å²) in [4.78, 5) is 12.6. The van der Waals surface area contributed by atoms with E-state index in [2.05, 4.69) is 25.1 Å². The molecule has 0 fully saturated rings. The van der Waals surface area contributed by atoms with Gasteiger partial charge < -0.3 is 9.13 Å². The SMILES string of the molecule is CCS(=O)(=O)c1c(-c2nc3cc(C(F)(F)C(F)(F)F)nnc3n2C)nc(-c2cccc(Cl)n2)n1C. The van der Waals surface area contributed by atoms with Crippen LogP contribution in [0.2, 0.25) is 5.15 Å². The Morgan fingerprint density at radius 1 is 0.971 bits per heavy atom. The molecule has 0 N–H and O–H groups in total. The van der Waals surface area contributed by atoms with Gasteiger partial charge in [0, 0.05) is 14.1 Å². The molecule has 0 unspecified atom stereocenters. The molecule has 9 nitrogen and oxygen atoms in total. The van der Waals surface area contributed by atoms with Crippen molar-refractivity contribution in [3.05, 3.63) is 35.1 Å². The van der Waals surface area contributed by atoms with Crippen LogP contribution in [0.3, 0.4) is 0 Å². The zero-order valence-corrected chi connectivity index (χ0v) is 19.7. The molecule has 0 aliphatic heterocycles. The number of halogens is 6. The molecule has 4 aromatic heterocycles. The van der Waals surface area contributed by atoms with Crippen LogP contribution in [0.5, 0.6) is 0 Å². The maximum atomic E-state index is 13.8. The summed E-state index contributed by atoms with van der Waals surface area (Å²) >= 11 is 5.95. The molecule has 4 aromatic rings. The quantitative estimate of drug-likeness (QED) is 0.281. The Hall–Kier alpha value is -3.20. The Morgan fingerprint density at radius 3 is 2.26 bits per heavy atom. The molecule has 35 heavy (non-hydrogen) atoms. The van der Waals surface area contributed by atoms with E-state index in [4.69, 9.17) is 11.6 Å². The van der Waals surface area contributed by atoms with E-state index < -0.39 is 27.6 Å². The first-order chi connectivity index (χ1) is 16.2. The minimum atomic E-state index is -5.89. The van der Waals surface area contributed by atoms with Crippen LogP contribution in [0.25, 0.3) is 34.2 Å². The van der Waals surface area contributed by atoms with Gasteiger partial charge in [-0.25, -0.2) is 23.4 Å². The first-order valence-electron chi connectivity index (χ1n) is 9.77. The summed E-state index contributed by atoms with van der Waals surface area (Å²) in [5.41, 5.74) is -2.09. The third-order valence-electron chi connectivity index (χ3n) is 5.17. The van der Waals surface area contributed by atoms with Gasteiger partial charge in [-0.05, 0) is 18.2 Å². The number of aromatic nitrogens is 7. The van der Waals surface area contributed by atoms with Crippen LogP contribution in [-0.2, 0) is 29.9 Å². The highest BCUT2D eigenvalue weighted by Crippen LogP contribution is 2.43. The highest BCUT2D eigenvalue weighted by atomic mass is 35.5. The zero-order valence-electron chi connectivity index (χ0n) is 18.1. The summed E-state index contributed by atoms with van der Waals surface area (Å²) in [7, 11) is -1.13. The minimum absolute atomic E-state index is 0.108. The average Bonchev–Trinajstić information content (AvgIpc) is 3.30. The number of alkyl halides is 5. The minimum Gasteiger partial charge on any atom is -0.316 e. The molecule has 0 spiro atoms. The molecule has 0 atom stereocenters. The molecule has 4 rings (SSSR count). The van der Waals surface area contributed by atoms with Crippen molar-refractivity contribution in [3.63, 3.8) is 0 Å². The number of hydrogen-bond donors (Lipinski definition) is 0. The van der Waals surface area contributed by atoms with Gasteiger partial charge in [0.1, 0.15) is 27.8 Å². The molecule has 0 aliphatic rings. The largest absolute Gasteiger partial charge is 0.459 e. The summed E-state index contributed by atoms with van der Waals surface area (Å²) < 4.78 is 94.3. The van der Waals surface area contributed by atoms with Gasteiger partial charge in [-0.2, -0.15) is 22.0 Å². The molecule has 0 saturated carbocycles. The van der Waals surface area contributed by atoms with Gasteiger partial charge in [0.15, 0.2) is 32.2 Å².